The lowest BCUT2D eigenvalue weighted by atomic mass is 10.1. The van der Waals surface area contributed by atoms with E-state index in [1.807, 2.05) is 0 Å². The molecule has 1 aliphatic heterocycles. The van der Waals surface area contributed by atoms with E-state index in [1.165, 1.54) is 25.7 Å². The molecule has 0 saturated heterocycles. The van der Waals surface area contributed by atoms with Gasteiger partial charge < -0.3 is 10.2 Å². The maximum Gasteiger partial charge on any atom is 0.193 e. The van der Waals surface area contributed by atoms with E-state index >= 15 is 0 Å². The summed E-state index contributed by atoms with van der Waals surface area (Å²) in [5, 5.41) is 3.57. The van der Waals surface area contributed by atoms with Gasteiger partial charge in [0, 0.05) is 26.2 Å². The van der Waals surface area contributed by atoms with Crippen molar-refractivity contribution in [1.82, 2.24) is 10.2 Å². The number of aliphatic imine (C=N–C) groups is 1. The van der Waals surface area contributed by atoms with Gasteiger partial charge in [0.1, 0.15) is 0 Å². The van der Waals surface area contributed by atoms with Crippen LogP contribution in [0.5, 0.6) is 0 Å². The van der Waals surface area contributed by atoms with Crippen LogP contribution in [0.15, 0.2) is 4.99 Å². The number of guanidine groups is 1. The van der Waals surface area contributed by atoms with Crippen LogP contribution in [0.1, 0.15) is 32.6 Å². The molecule has 80 valence electrons. The van der Waals surface area contributed by atoms with Crippen LogP contribution in [-0.4, -0.2) is 37.0 Å². The smallest absolute Gasteiger partial charge is 0.193 e. The normalized spacial score (nSPS) is 33.0. The number of nitrogens with one attached hydrogen (secondary N) is 1. The molecule has 0 bridgehead atoms. The summed E-state index contributed by atoms with van der Waals surface area (Å²) < 4.78 is 0. The molecule has 3 nitrogen and oxygen atoms in total. The van der Waals surface area contributed by atoms with Crippen LogP contribution in [0.25, 0.3) is 0 Å². The maximum absolute atomic E-state index is 4.53. The Morgan fingerprint density at radius 3 is 2.93 bits per heavy atom. The molecular formula is C11H21N3. The molecule has 2 aliphatic rings. The lowest BCUT2D eigenvalue weighted by Crippen LogP contribution is -2.45. The Labute approximate surface area is 86.6 Å². The zero-order valence-corrected chi connectivity index (χ0v) is 9.29. The Kier molecular flexibility index (Phi) is 2.94. The van der Waals surface area contributed by atoms with Gasteiger partial charge in [-0.2, -0.15) is 0 Å². The first-order chi connectivity index (χ1) is 6.75. The number of nitrogens with zero attached hydrogens (tertiary/aromatic N) is 2. The molecule has 3 heteroatoms. The molecule has 0 amide bonds. The zero-order valence-electron chi connectivity index (χ0n) is 9.29. The SMILES string of the molecule is CC1CCC(NC2=NCCCN2C)C1. The van der Waals surface area contributed by atoms with Crippen LogP contribution in [-0.2, 0) is 0 Å². The Bertz CT molecular complexity index is 225. The molecule has 2 atom stereocenters. The van der Waals surface area contributed by atoms with Gasteiger partial charge in [0.05, 0.1) is 0 Å². The molecule has 0 aromatic heterocycles. The van der Waals surface area contributed by atoms with Crippen molar-refractivity contribution in [1.29, 1.82) is 0 Å². The Balaban J connectivity index is 1.87. The fraction of sp³-hybridized carbons (Fsp3) is 0.909. The minimum atomic E-state index is 0.671. The Morgan fingerprint density at radius 1 is 1.43 bits per heavy atom. The predicted octanol–water partition coefficient (Wildman–Crippen LogP) is 1.46. The monoisotopic (exact) mass is 195 g/mol. The van der Waals surface area contributed by atoms with E-state index in [2.05, 4.69) is 29.2 Å². The molecule has 0 aromatic rings. The molecule has 1 heterocycles. The summed E-state index contributed by atoms with van der Waals surface area (Å²) >= 11 is 0. The van der Waals surface area contributed by atoms with Crippen LogP contribution in [0.4, 0.5) is 0 Å². The standard InChI is InChI=1S/C11H21N3/c1-9-4-5-10(8-9)13-11-12-6-3-7-14(11)2/h9-10H,3-8H2,1-2H3,(H,12,13). The van der Waals surface area contributed by atoms with E-state index in [1.54, 1.807) is 0 Å². The second kappa shape index (κ2) is 4.20. The van der Waals surface area contributed by atoms with Gasteiger partial charge in [-0.05, 0) is 31.6 Å². The highest BCUT2D eigenvalue weighted by atomic mass is 15.3. The summed E-state index contributed by atoms with van der Waals surface area (Å²) in [7, 11) is 2.13. The van der Waals surface area contributed by atoms with Crippen LogP contribution in [0.2, 0.25) is 0 Å². The van der Waals surface area contributed by atoms with Crippen molar-refractivity contribution in [2.45, 2.75) is 38.6 Å². The van der Waals surface area contributed by atoms with Gasteiger partial charge in [0.25, 0.3) is 0 Å². The zero-order chi connectivity index (χ0) is 9.97. The molecule has 1 N–H and O–H groups in total. The van der Waals surface area contributed by atoms with E-state index in [0.717, 1.165) is 25.0 Å². The van der Waals surface area contributed by atoms with E-state index < -0.39 is 0 Å². The molecule has 1 aliphatic carbocycles. The molecule has 1 fully saturated rings. The minimum absolute atomic E-state index is 0.671. The second-order valence-electron chi connectivity index (χ2n) is 4.74. The molecule has 2 rings (SSSR count). The van der Waals surface area contributed by atoms with Crippen molar-refractivity contribution < 1.29 is 0 Å². The minimum Gasteiger partial charge on any atom is -0.354 e. The topological polar surface area (TPSA) is 27.6 Å². The summed E-state index contributed by atoms with van der Waals surface area (Å²) in [5.41, 5.74) is 0. The lowest BCUT2D eigenvalue weighted by Gasteiger charge is -2.28. The van der Waals surface area contributed by atoms with E-state index in [-0.39, 0.29) is 0 Å². The van der Waals surface area contributed by atoms with Gasteiger partial charge in [0.2, 0.25) is 0 Å². The molecule has 1 saturated carbocycles. The van der Waals surface area contributed by atoms with Crippen molar-refractivity contribution in [3.05, 3.63) is 0 Å². The fourth-order valence-electron chi connectivity index (χ4n) is 2.40. The first-order valence-electron chi connectivity index (χ1n) is 5.78. The van der Waals surface area contributed by atoms with E-state index in [9.17, 15) is 0 Å². The van der Waals surface area contributed by atoms with Crippen molar-refractivity contribution in [3.63, 3.8) is 0 Å². The van der Waals surface area contributed by atoms with Crippen LogP contribution in [0, 0.1) is 5.92 Å². The predicted molar refractivity (Wildman–Crippen MR) is 59.5 cm³/mol. The van der Waals surface area contributed by atoms with Gasteiger partial charge in [-0.1, -0.05) is 6.92 Å². The highest BCUT2D eigenvalue weighted by Gasteiger charge is 2.23. The average molecular weight is 195 g/mol. The molecule has 0 radical (unpaired) electrons. The first-order valence-corrected chi connectivity index (χ1v) is 5.78. The Hall–Kier alpha value is -0.730. The molecule has 0 aromatic carbocycles. The van der Waals surface area contributed by atoms with Crippen molar-refractivity contribution in [2.24, 2.45) is 10.9 Å². The van der Waals surface area contributed by atoms with Gasteiger partial charge in [0.15, 0.2) is 5.96 Å². The third-order valence-corrected chi connectivity index (χ3v) is 3.30. The van der Waals surface area contributed by atoms with Gasteiger partial charge >= 0.3 is 0 Å². The highest BCUT2D eigenvalue weighted by Crippen LogP contribution is 2.24. The summed E-state index contributed by atoms with van der Waals surface area (Å²) in [6.45, 7) is 4.48. The third kappa shape index (κ3) is 2.20. The third-order valence-electron chi connectivity index (χ3n) is 3.30. The largest absolute Gasteiger partial charge is 0.354 e. The van der Waals surface area contributed by atoms with Crippen LogP contribution >= 0.6 is 0 Å². The van der Waals surface area contributed by atoms with Crippen LogP contribution in [0.3, 0.4) is 0 Å². The van der Waals surface area contributed by atoms with E-state index in [4.69, 9.17) is 0 Å². The summed E-state index contributed by atoms with van der Waals surface area (Å²) in [4.78, 5) is 6.77. The van der Waals surface area contributed by atoms with Gasteiger partial charge in [-0.3, -0.25) is 4.99 Å². The first kappa shape index (κ1) is 9.81. The van der Waals surface area contributed by atoms with Crippen LogP contribution < -0.4 is 5.32 Å². The lowest BCUT2D eigenvalue weighted by molar-refractivity contribution is 0.430. The van der Waals surface area contributed by atoms with Gasteiger partial charge in [-0.25, -0.2) is 0 Å². The number of hydrogen-bond donors (Lipinski definition) is 1. The molecule has 2 unspecified atom stereocenters. The molecule has 0 spiro atoms. The average Bonchev–Trinajstić information content (AvgIpc) is 2.56. The fourth-order valence-corrected chi connectivity index (χ4v) is 2.40. The maximum atomic E-state index is 4.53. The summed E-state index contributed by atoms with van der Waals surface area (Å²) in [5.74, 6) is 2.01. The molecule has 14 heavy (non-hydrogen) atoms. The quantitative estimate of drug-likeness (QED) is 0.686. The summed E-state index contributed by atoms with van der Waals surface area (Å²) in [6, 6.07) is 0.671. The highest BCUT2D eigenvalue weighted by molar-refractivity contribution is 5.80. The van der Waals surface area contributed by atoms with Crippen molar-refractivity contribution in [3.8, 4) is 0 Å². The Morgan fingerprint density at radius 2 is 2.29 bits per heavy atom. The second-order valence-corrected chi connectivity index (χ2v) is 4.74. The van der Waals surface area contributed by atoms with Crippen molar-refractivity contribution >= 4 is 5.96 Å². The summed E-state index contributed by atoms with van der Waals surface area (Å²) in [6.07, 6.45) is 5.19. The number of hydrogen-bond acceptors (Lipinski definition) is 3. The number of rotatable bonds is 1. The van der Waals surface area contributed by atoms with Crippen molar-refractivity contribution in [2.75, 3.05) is 20.1 Å². The molecular weight excluding hydrogens is 174 g/mol. The van der Waals surface area contributed by atoms with E-state index in [0.29, 0.717) is 6.04 Å². The van der Waals surface area contributed by atoms with Gasteiger partial charge in [-0.15, -0.1) is 0 Å².